The molecule has 1 aromatic carbocycles. The first kappa shape index (κ1) is 20.6. The van der Waals surface area contributed by atoms with Crippen LogP contribution in [0, 0.1) is 0 Å². The summed E-state index contributed by atoms with van der Waals surface area (Å²) < 4.78 is 38.1. The van der Waals surface area contributed by atoms with E-state index in [9.17, 15) is 8.42 Å². The van der Waals surface area contributed by atoms with Crippen LogP contribution in [0.2, 0.25) is 0 Å². The zero-order valence-electron chi connectivity index (χ0n) is 17.2. The van der Waals surface area contributed by atoms with Crippen LogP contribution in [0.4, 0.5) is 0 Å². The predicted molar refractivity (Wildman–Crippen MR) is 119 cm³/mol. The molecule has 164 valence electrons. The number of sulfonamides is 1. The Morgan fingerprint density at radius 3 is 2.48 bits per heavy atom. The summed E-state index contributed by atoms with van der Waals surface area (Å²) in [6, 6.07) is 11.9. The Labute approximate surface area is 185 Å². The minimum absolute atomic E-state index is 0.288. The SMILES string of the molecule is CS(=O)(=O)N1CC2CCC(C1)N2CCOc1ccc(Oc2nc3ncccc3s2)cc1. The Morgan fingerprint density at radius 1 is 1.10 bits per heavy atom. The zero-order chi connectivity index (χ0) is 21.4. The summed E-state index contributed by atoms with van der Waals surface area (Å²) in [6.45, 7) is 2.53. The van der Waals surface area contributed by atoms with Crippen molar-refractivity contribution >= 4 is 31.7 Å². The van der Waals surface area contributed by atoms with E-state index in [-0.39, 0.29) is 12.1 Å². The Bertz CT molecular complexity index is 1120. The molecular formula is C21H24N4O4S2. The summed E-state index contributed by atoms with van der Waals surface area (Å²) in [7, 11) is -3.12. The van der Waals surface area contributed by atoms with Crippen molar-refractivity contribution in [1.82, 2.24) is 19.2 Å². The van der Waals surface area contributed by atoms with Gasteiger partial charge in [-0.05, 0) is 49.2 Å². The van der Waals surface area contributed by atoms with Gasteiger partial charge in [0, 0.05) is 37.9 Å². The normalized spacial score (nSPS) is 22.1. The van der Waals surface area contributed by atoms with Gasteiger partial charge in [0.05, 0.1) is 11.0 Å². The fourth-order valence-corrected chi connectivity index (χ4v) is 6.03. The maximum Gasteiger partial charge on any atom is 0.281 e. The van der Waals surface area contributed by atoms with Gasteiger partial charge in [-0.1, -0.05) is 11.3 Å². The lowest BCUT2D eigenvalue weighted by Crippen LogP contribution is -2.55. The molecule has 2 saturated heterocycles. The summed E-state index contributed by atoms with van der Waals surface area (Å²) in [6.07, 6.45) is 5.11. The first-order chi connectivity index (χ1) is 15.0. The fourth-order valence-electron chi connectivity index (χ4n) is 4.35. The van der Waals surface area contributed by atoms with Crippen LogP contribution in [0.3, 0.4) is 0 Å². The van der Waals surface area contributed by atoms with Crippen LogP contribution in [0.5, 0.6) is 16.7 Å². The average Bonchev–Trinajstić information content (AvgIpc) is 3.24. The smallest absolute Gasteiger partial charge is 0.281 e. The van der Waals surface area contributed by atoms with Gasteiger partial charge in [0.2, 0.25) is 10.0 Å². The molecule has 2 unspecified atom stereocenters. The summed E-state index contributed by atoms with van der Waals surface area (Å²) in [5.41, 5.74) is 0.689. The summed E-state index contributed by atoms with van der Waals surface area (Å²) in [5, 5.41) is 0.561. The molecule has 0 N–H and O–H groups in total. The van der Waals surface area contributed by atoms with Gasteiger partial charge < -0.3 is 9.47 Å². The van der Waals surface area contributed by atoms with E-state index in [1.54, 1.807) is 10.5 Å². The van der Waals surface area contributed by atoms with Gasteiger partial charge >= 0.3 is 0 Å². The molecule has 2 atom stereocenters. The van der Waals surface area contributed by atoms with Crippen LogP contribution >= 0.6 is 11.3 Å². The third kappa shape index (κ3) is 4.52. The quantitative estimate of drug-likeness (QED) is 0.536. The number of ether oxygens (including phenoxy) is 2. The van der Waals surface area contributed by atoms with Crippen molar-refractivity contribution in [3.63, 3.8) is 0 Å². The van der Waals surface area contributed by atoms with Crippen molar-refractivity contribution in [2.24, 2.45) is 0 Å². The van der Waals surface area contributed by atoms with Gasteiger partial charge in [0.25, 0.3) is 5.19 Å². The lowest BCUT2D eigenvalue weighted by atomic mass is 10.2. The molecule has 10 heteroatoms. The first-order valence-corrected chi connectivity index (χ1v) is 13.0. The van der Waals surface area contributed by atoms with E-state index in [4.69, 9.17) is 9.47 Å². The number of aromatic nitrogens is 2. The van der Waals surface area contributed by atoms with Crippen LogP contribution in [0.15, 0.2) is 42.6 Å². The molecule has 8 nitrogen and oxygen atoms in total. The molecule has 0 radical (unpaired) electrons. The number of pyridine rings is 1. The molecular weight excluding hydrogens is 436 g/mol. The summed E-state index contributed by atoms with van der Waals surface area (Å²) in [5.74, 6) is 1.47. The van der Waals surface area contributed by atoms with Crippen LogP contribution in [0.1, 0.15) is 12.8 Å². The van der Waals surface area contributed by atoms with Crippen molar-refractivity contribution in [1.29, 1.82) is 0 Å². The van der Waals surface area contributed by atoms with Crippen LogP contribution in [-0.4, -0.2) is 72.2 Å². The fraction of sp³-hybridized carbons (Fsp3) is 0.429. The molecule has 0 saturated carbocycles. The van der Waals surface area contributed by atoms with E-state index in [1.165, 1.54) is 17.6 Å². The van der Waals surface area contributed by atoms with Crippen LogP contribution in [-0.2, 0) is 10.0 Å². The average molecular weight is 461 g/mol. The zero-order valence-corrected chi connectivity index (χ0v) is 18.8. The lowest BCUT2D eigenvalue weighted by molar-refractivity contribution is 0.0930. The third-order valence-corrected chi connectivity index (χ3v) is 7.99. The molecule has 0 amide bonds. The summed E-state index contributed by atoms with van der Waals surface area (Å²) >= 11 is 1.46. The van der Waals surface area contributed by atoms with Crippen molar-refractivity contribution < 1.29 is 17.9 Å². The van der Waals surface area contributed by atoms with E-state index in [0.29, 0.717) is 36.3 Å². The van der Waals surface area contributed by atoms with E-state index >= 15 is 0 Å². The first-order valence-electron chi connectivity index (χ1n) is 10.3. The highest BCUT2D eigenvalue weighted by Crippen LogP contribution is 2.32. The molecule has 2 aromatic heterocycles. The highest BCUT2D eigenvalue weighted by molar-refractivity contribution is 7.88. The van der Waals surface area contributed by atoms with Gasteiger partial charge in [-0.25, -0.2) is 13.4 Å². The number of hydrogen-bond acceptors (Lipinski definition) is 8. The maximum absolute atomic E-state index is 11.9. The monoisotopic (exact) mass is 460 g/mol. The number of thiazole rings is 1. The Morgan fingerprint density at radius 2 is 1.81 bits per heavy atom. The van der Waals surface area contributed by atoms with Crippen molar-refractivity contribution in [2.75, 3.05) is 32.5 Å². The van der Waals surface area contributed by atoms with Gasteiger partial charge in [-0.15, -0.1) is 0 Å². The van der Waals surface area contributed by atoms with E-state index < -0.39 is 10.0 Å². The van der Waals surface area contributed by atoms with Gasteiger partial charge in [0.1, 0.15) is 18.1 Å². The number of hydrogen-bond donors (Lipinski definition) is 0. The van der Waals surface area contributed by atoms with Crippen molar-refractivity contribution in [2.45, 2.75) is 24.9 Å². The largest absolute Gasteiger partial charge is 0.492 e. The molecule has 2 bridgehead atoms. The molecule has 0 spiro atoms. The second kappa shape index (κ2) is 8.34. The van der Waals surface area contributed by atoms with E-state index in [2.05, 4.69) is 14.9 Å². The van der Waals surface area contributed by atoms with E-state index in [0.717, 1.165) is 29.8 Å². The molecule has 2 fully saturated rings. The highest BCUT2D eigenvalue weighted by atomic mass is 32.2. The van der Waals surface area contributed by atoms with Gasteiger partial charge in [-0.3, -0.25) is 4.90 Å². The molecule has 31 heavy (non-hydrogen) atoms. The third-order valence-electron chi connectivity index (χ3n) is 5.86. The predicted octanol–water partition coefficient (Wildman–Crippen LogP) is 2.97. The minimum atomic E-state index is -3.12. The lowest BCUT2D eigenvalue weighted by Gasteiger charge is -2.39. The molecule has 3 aromatic rings. The standard InChI is InChI=1S/C21H24N4O4S2/c1-31(26,27)24-13-15-4-5-16(14-24)25(15)11-12-28-17-6-8-18(9-7-17)29-21-23-20-19(30-21)3-2-10-22-20/h2-3,6-10,15-16H,4-5,11-14H2,1H3. The number of piperazine rings is 1. The Kier molecular flexibility index (Phi) is 5.55. The molecule has 5 rings (SSSR count). The van der Waals surface area contributed by atoms with Gasteiger partial charge in [0.15, 0.2) is 5.65 Å². The number of nitrogens with zero attached hydrogens (tertiary/aromatic N) is 4. The van der Waals surface area contributed by atoms with Crippen molar-refractivity contribution in [3.05, 3.63) is 42.6 Å². The number of benzene rings is 1. The van der Waals surface area contributed by atoms with Gasteiger partial charge in [-0.2, -0.15) is 9.29 Å². The highest BCUT2D eigenvalue weighted by Gasteiger charge is 2.42. The second-order valence-electron chi connectivity index (χ2n) is 7.93. The van der Waals surface area contributed by atoms with Crippen molar-refractivity contribution in [3.8, 4) is 16.7 Å². The molecule has 4 heterocycles. The molecule has 2 aliphatic rings. The number of fused-ring (bicyclic) bond motifs is 3. The second-order valence-corrected chi connectivity index (χ2v) is 10.9. The topological polar surface area (TPSA) is 84.9 Å². The molecule has 0 aliphatic carbocycles. The van der Waals surface area contributed by atoms with Crippen LogP contribution in [0.25, 0.3) is 10.3 Å². The van der Waals surface area contributed by atoms with Crippen LogP contribution < -0.4 is 9.47 Å². The Hall–Kier alpha value is -2.27. The number of rotatable bonds is 7. The maximum atomic E-state index is 11.9. The minimum Gasteiger partial charge on any atom is -0.492 e. The summed E-state index contributed by atoms with van der Waals surface area (Å²) in [4.78, 5) is 11.0. The Balaban J connectivity index is 1.13. The van der Waals surface area contributed by atoms with E-state index in [1.807, 2.05) is 36.4 Å². The molecule has 2 aliphatic heterocycles.